The highest BCUT2D eigenvalue weighted by molar-refractivity contribution is 7.19. The molecule has 1 nitrogen and oxygen atoms in total. The summed E-state index contributed by atoms with van der Waals surface area (Å²) in [7, 11) is -2.68. The van der Waals surface area contributed by atoms with Gasteiger partial charge in [-0.2, -0.15) is 0 Å². The monoisotopic (exact) mass is 839 g/mol. The van der Waals surface area contributed by atoms with Crippen molar-refractivity contribution in [2.45, 2.75) is 50.9 Å². The van der Waals surface area contributed by atoms with Crippen LogP contribution in [-0.4, -0.2) is 8.07 Å². The summed E-state index contributed by atoms with van der Waals surface area (Å²) >= 11 is 0. The van der Waals surface area contributed by atoms with Gasteiger partial charge < -0.3 is 4.90 Å². The third kappa shape index (κ3) is 6.18. The Balaban J connectivity index is 1.01. The third-order valence-corrected chi connectivity index (χ3v) is 20.3. The molecule has 2 fully saturated rings. The summed E-state index contributed by atoms with van der Waals surface area (Å²) in [6.07, 6.45) is 5.59. The van der Waals surface area contributed by atoms with Crippen LogP contribution in [0.15, 0.2) is 218 Å². The molecule has 0 N–H and O–H groups in total. The molecule has 3 aliphatic rings. The van der Waals surface area contributed by atoms with E-state index in [1.54, 1.807) is 0 Å². The predicted molar refractivity (Wildman–Crippen MR) is 273 cm³/mol. The molecule has 310 valence electrons. The zero-order chi connectivity index (χ0) is 42.8. The Kier molecular flexibility index (Phi) is 9.42. The summed E-state index contributed by atoms with van der Waals surface area (Å²) in [5.74, 6) is 2.47. The van der Waals surface area contributed by atoms with Gasteiger partial charge in [-0.3, -0.25) is 0 Å². The number of hydrogen-bond acceptors (Lipinski definition) is 1. The average molecular weight is 840 g/mol. The lowest BCUT2D eigenvalue weighted by atomic mass is 9.81. The molecule has 0 radical (unpaired) electrons. The van der Waals surface area contributed by atoms with Gasteiger partial charge in [0, 0.05) is 22.5 Å². The number of nitrogens with zero attached hydrogens (tertiary/aromatic N) is 1. The van der Waals surface area contributed by atoms with Crippen molar-refractivity contribution in [2.75, 3.05) is 4.90 Å². The van der Waals surface area contributed by atoms with Crippen molar-refractivity contribution in [3.8, 4) is 22.3 Å². The van der Waals surface area contributed by atoms with Gasteiger partial charge in [-0.15, -0.1) is 0 Å². The Labute approximate surface area is 379 Å². The van der Waals surface area contributed by atoms with Gasteiger partial charge in [0.1, 0.15) is 0 Å². The number of rotatable bonds is 9. The van der Waals surface area contributed by atoms with E-state index in [4.69, 9.17) is 0 Å². The smallest absolute Gasteiger partial charge is 0.179 e. The molecule has 2 heteroatoms. The van der Waals surface area contributed by atoms with Gasteiger partial charge in [0.05, 0.1) is 0 Å². The van der Waals surface area contributed by atoms with Crippen LogP contribution in [-0.2, 0) is 5.41 Å². The van der Waals surface area contributed by atoms with E-state index < -0.39 is 8.07 Å². The highest BCUT2D eigenvalue weighted by Gasteiger charge is 2.43. The molecule has 0 aliphatic heterocycles. The fourth-order valence-electron chi connectivity index (χ4n) is 12.5. The molecule has 3 atom stereocenters. The standard InChI is InChI=1S/C62H53NSi/c1-62(2)59-27-15-26-56(55-25-14-17-44-16-12-13-24-54(44)55)61(59)57-39-36-49(42-60(57)62)63(47-32-30-45(31-33-47)58-41-43-28-29-46(58)40-43)48-34-37-53(38-35-48)64(50-18-6-3-7-19-50,51-20-8-4-9-21-51)52-22-10-5-11-23-52/h3-27,30-39,42-43,46,58H,28-29,40-41H2,1-2H3. The van der Waals surface area contributed by atoms with E-state index in [-0.39, 0.29) is 5.41 Å². The Bertz CT molecular complexity index is 3030. The Morgan fingerprint density at radius 3 is 1.61 bits per heavy atom. The summed E-state index contributed by atoms with van der Waals surface area (Å²) in [4.78, 5) is 2.51. The molecule has 3 unspecified atom stereocenters. The molecule has 2 bridgehead atoms. The molecule has 0 saturated heterocycles. The van der Waals surface area contributed by atoms with E-state index >= 15 is 0 Å². The minimum atomic E-state index is -2.68. The zero-order valence-electron chi connectivity index (χ0n) is 36.8. The summed E-state index contributed by atoms with van der Waals surface area (Å²) in [6, 6.07) is 82.9. The van der Waals surface area contributed by atoms with Gasteiger partial charge in [-0.25, -0.2) is 0 Å². The predicted octanol–water partition coefficient (Wildman–Crippen LogP) is 13.6. The van der Waals surface area contributed by atoms with E-state index in [9.17, 15) is 0 Å². The fraction of sp³-hybridized carbons (Fsp3) is 0.161. The van der Waals surface area contributed by atoms with Gasteiger partial charge in [-0.1, -0.05) is 202 Å². The lowest BCUT2D eigenvalue weighted by Crippen LogP contribution is -2.74. The van der Waals surface area contributed by atoms with Gasteiger partial charge in [0.2, 0.25) is 0 Å². The molecule has 9 aromatic carbocycles. The molecule has 0 aromatic heterocycles. The first-order valence-electron chi connectivity index (χ1n) is 23.4. The summed E-state index contributed by atoms with van der Waals surface area (Å²) in [5, 5.41) is 8.10. The minimum absolute atomic E-state index is 0.186. The van der Waals surface area contributed by atoms with E-state index in [1.165, 1.54) is 113 Å². The molecule has 0 amide bonds. The molecular formula is C62H53NSi. The molecular weight excluding hydrogens is 787 g/mol. The molecule has 12 rings (SSSR count). The average Bonchev–Trinajstić information content (AvgIpc) is 4.06. The van der Waals surface area contributed by atoms with Gasteiger partial charge in [0.25, 0.3) is 0 Å². The van der Waals surface area contributed by atoms with Crippen molar-refractivity contribution in [1.29, 1.82) is 0 Å². The van der Waals surface area contributed by atoms with Crippen LogP contribution in [0.3, 0.4) is 0 Å². The van der Waals surface area contributed by atoms with Crippen LogP contribution in [0.25, 0.3) is 33.0 Å². The Morgan fingerprint density at radius 2 is 0.984 bits per heavy atom. The van der Waals surface area contributed by atoms with Crippen LogP contribution in [0.4, 0.5) is 17.1 Å². The number of anilines is 3. The van der Waals surface area contributed by atoms with Crippen LogP contribution in [0.1, 0.15) is 62.1 Å². The van der Waals surface area contributed by atoms with Crippen LogP contribution in [0, 0.1) is 11.8 Å². The third-order valence-electron chi connectivity index (χ3n) is 15.5. The van der Waals surface area contributed by atoms with Crippen molar-refractivity contribution >= 4 is 56.7 Å². The van der Waals surface area contributed by atoms with Gasteiger partial charge in [0.15, 0.2) is 8.07 Å². The highest BCUT2D eigenvalue weighted by Crippen LogP contribution is 2.55. The summed E-state index contributed by atoms with van der Waals surface area (Å²) in [6.45, 7) is 4.83. The first kappa shape index (κ1) is 38.9. The summed E-state index contributed by atoms with van der Waals surface area (Å²) < 4.78 is 0. The molecule has 64 heavy (non-hydrogen) atoms. The second-order valence-corrected chi connectivity index (χ2v) is 23.0. The quantitative estimate of drug-likeness (QED) is 0.103. The van der Waals surface area contributed by atoms with Crippen molar-refractivity contribution < 1.29 is 0 Å². The number of benzene rings is 9. The molecule has 0 heterocycles. The Hall–Kier alpha value is -6.74. The van der Waals surface area contributed by atoms with E-state index in [2.05, 4.69) is 237 Å². The first-order valence-corrected chi connectivity index (χ1v) is 25.4. The van der Waals surface area contributed by atoms with Crippen molar-refractivity contribution in [3.05, 3.63) is 235 Å². The van der Waals surface area contributed by atoms with Crippen LogP contribution in [0.2, 0.25) is 0 Å². The highest BCUT2D eigenvalue weighted by atomic mass is 28.3. The number of fused-ring (bicyclic) bond motifs is 6. The molecule has 3 aliphatic carbocycles. The fourth-order valence-corrected chi connectivity index (χ4v) is 17.2. The maximum absolute atomic E-state index is 2.68. The SMILES string of the molecule is CC1(C)c2cc(N(c3ccc(C4CC5CCC4C5)cc3)c3ccc([Si](c4ccccc4)(c4ccccc4)c4ccccc4)cc3)ccc2-c2c(-c3cccc4ccccc34)cccc21. The minimum Gasteiger partial charge on any atom is -0.310 e. The van der Waals surface area contributed by atoms with Crippen molar-refractivity contribution in [3.63, 3.8) is 0 Å². The normalized spacial score (nSPS) is 18.2. The largest absolute Gasteiger partial charge is 0.310 e. The first-order chi connectivity index (χ1) is 31.5. The van der Waals surface area contributed by atoms with Crippen LogP contribution < -0.4 is 25.6 Å². The lowest BCUT2D eigenvalue weighted by Gasteiger charge is -2.35. The molecule has 0 spiro atoms. The zero-order valence-corrected chi connectivity index (χ0v) is 37.8. The Morgan fingerprint density at radius 1 is 0.438 bits per heavy atom. The van der Waals surface area contributed by atoms with Gasteiger partial charge >= 0.3 is 0 Å². The van der Waals surface area contributed by atoms with E-state index in [1.807, 2.05) is 0 Å². The van der Waals surface area contributed by atoms with Crippen molar-refractivity contribution in [1.82, 2.24) is 0 Å². The van der Waals surface area contributed by atoms with Crippen LogP contribution >= 0.6 is 0 Å². The maximum Gasteiger partial charge on any atom is 0.179 e. The van der Waals surface area contributed by atoms with Crippen molar-refractivity contribution in [2.24, 2.45) is 11.8 Å². The van der Waals surface area contributed by atoms with Gasteiger partial charge in [-0.05, 0) is 144 Å². The maximum atomic E-state index is 2.51. The topological polar surface area (TPSA) is 3.24 Å². The number of hydrogen-bond donors (Lipinski definition) is 0. The van der Waals surface area contributed by atoms with E-state index in [0.717, 1.165) is 11.8 Å². The van der Waals surface area contributed by atoms with Crippen LogP contribution in [0.5, 0.6) is 0 Å². The second kappa shape index (κ2) is 15.5. The van der Waals surface area contributed by atoms with E-state index in [0.29, 0.717) is 5.92 Å². The molecule has 9 aromatic rings. The summed E-state index contributed by atoms with van der Waals surface area (Å²) in [5.41, 5.74) is 12.9. The molecule has 2 saturated carbocycles. The lowest BCUT2D eigenvalue weighted by molar-refractivity contribution is 0.420. The second-order valence-electron chi connectivity index (χ2n) is 19.2.